The Labute approximate surface area is 102 Å². The lowest BCUT2D eigenvalue weighted by molar-refractivity contribution is 0.414. The summed E-state index contributed by atoms with van der Waals surface area (Å²) in [6, 6.07) is 6.02. The first-order valence-electron chi connectivity index (χ1n) is 5.37. The summed E-state index contributed by atoms with van der Waals surface area (Å²) in [4.78, 5) is 0. The van der Waals surface area contributed by atoms with E-state index in [1.54, 1.807) is 7.11 Å². The van der Waals surface area contributed by atoms with Gasteiger partial charge in [0.05, 0.1) is 12.1 Å². The molecule has 16 heavy (non-hydrogen) atoms. The minimum absolute atomic E-state index is 0.0502. The highest BCUT2D eigenvalue weighted by atomic mass is 35.5. The predicted octanol–water partition coefficient (Wildman–Crippen LogP) is 2.35. The molecule has 90 valence electrons. The first-order valence-corrected chi connectivity index (χ1v) is 5.74. The Morgan fingerprint density at radius 2 is 2.12 bits per heavy atom. The van der Waals surface area contributed by atoms with Crippen molar-refractivity contribution < 1.29 is 4.74 Å². The van der Waals surface area contributed by atoms with Gasteiger partial charge in [-0.2, -0.15) is 0 Å². The second kappa shape index (κ2) is 6.09. The maximum absolute atomic E-state index is 6.04. The minimum Gasteiger partial charge on any atom is -0.495 e. The molecular formula is C12H19ClN2O. The lowest BCUT2D eigenvalue weighted by Crippen LogP contribution is -2.31. The van der Waals surface area contributed by atoms with Crippen LogP contribution in [0.4, 0.5) is 0 Å². The van der Waals surface area contributed by atoms with Crippen molar-refractivity contribution in [3.8, 4) is 5.75 Å². The van der Waals surface area contributed by atoms with Crippen molar-refractivity contribution in [3.63, 3.8) is 0 Å². The molecule has 0 saturated carbocycles. The Morgan fingerprint density at radius 1 is 1.44 bits per heavy atom. The molecule has 0 aliphatic carbocycles. The van der Waals surface area contributed by atoms with E-state index in [0.29, 0.717) is 16.8 Å². The number of hydrogen-bond donors (Lipinski definition) is 2. The fourth-order valence-electron chi connectivity index (χ4n) is 1.39. The van der Waals surface area contributed by atoms with E-state index in [0.717, 1.165) is 12.1 Å². The molecule has 0 aromatic heterocycles. The van der Waals surface area contributed by atoms with Crippen molar-refractivity contribution in [2.24, 2.45) is 5.73 Å². The van der Waals surface area contributed by atoms with Gasteiger partial charge < -0.3 is 15.8 Å². The number of nitrogens with two attached hydrogens (primary N) is 1. The number of hydrogen-bond acceptors (Lipinski definition) is 3. The van der Waals surface area contributed by atoms with E-state index >= 15 is 0 Å². The Hall–Kier alpha value is -0.770. The van der Waals surface area contributed by atoms with Crippen molar-refractivity contribution in [3.05, 3.63) is 28.8 Å². The topological polar surface area (TPSA) is 47.3 Å². The van der Waals surface area contributed by atoms with Crippen LogP contribution in [0.25, 0.3) is 0 Å². The predicted molar refractivity (Wildman–Crippen MR) is 68.1 cm³/mol. The molecule has 0 amide bonds. The van der Waals surface area contributed by atoms with Gasteiger partial charge in [-0.3, -0.25) is 0 Å². The molecule has 3 N–H and O–H groups in total. The highest BCUT2D eigenvalue weighted by Gasteiger charge is 2.09. The van der Waals surface area contributed by atoms with Crippen LogP contribution in [-0.4, -0.2) is 19.7 Å². The smallest absolute Gasteiger partial charge is 0.137 e. The first kappa shape index (κ1) is 13.3. The van der Waals surface area contributed by atoms with Crippen LogP contribution < -0.4 is 15.8 Å². The SMILES string of the molecule is COc1ccc(C(N)CNC(C)C)cc1Cl. The van der Waals surface area contributed by atoms with Crippen molar-refractivity contribution in [1.29, 1.82) is 0 Å². The number of benzene rings is 1. The van der Waals surface area contributed by atoms with Gasteiger partial charge in [-0.25, -0.2) is 0 Å². The molecule has 1 aromatic rings. The van der Waals surface area contributed by atoms with Crippen molar-refractivity contribution >= 4 is 11.6 Å². The number of methoxy groups -OCH3 is 1. The monoisotopic (exact) mass is 242 g/mol. The summed E-state index contributed by atoms with van der Waals surface area (Å²) in [6.07, 6.45) is 0. The van der Waals surface area contributed by atoms with E-state index in [2.05, 4.69) is 19.2 Å². The van der Waals surface area contributed by atoms with Crippen molar-refractivity contribution in [2.45, 2.75) is 25.9 Å². The Balaban J connectivity index is 2.69. The molecule has 0 fully saturated rings. The normalized spacial score (nSPS) is 12.9. The maximum atomic E-state index is 6.04. The summed E-state index contributed by atoms with van der Waals surface area (Å²) < 4.78 is 5.09. The Bertz CT molecular complexity index is 342. The van der Waals surface area contributed by atoms with Gasteiger partial charge in [-0.15, -0.1) is 0 Å². The zero-order valence-electron chi connectivity index (χ0n) is 9.96. The molecule has 1 unspecified atom stereocenters. The second-order valence-corrected chi connectivity index (χ2v) is 4.47. The van der Waals surface area contributed by atoms with Crippen LogP contribution in [0.15, 0.2) is 18.2 Å². The second-order valence-electron chi connectivity index (χ2n) is 4.06. The Kier molecular flexibility index (Phi) is 5.06. The van der Waals surface area contributed by atoms with E-state index in [1.165, 1.54) is 0 Å². The highest BCUT2D eigenvalue weighted by molar-refractivity contribution is 6.32. The summed E-state index contributed by atoms with van der Waals surface area (Å²) in [5.74, 6) is 0.675. The molecule has 0 heterocycles. The average Bonchev–Trinajstić information content (AvgIpc) is 2.25. The van der Waals surface area contributed by atoms with Crippen LogP contribution in [-0.2, 0) is 0 Å². The molecule has 0 radical (unpaired) electrons. The van der Waals surface area contributed by atoms with E-state index in [4.69, 9.17) is 22.1 Å². The average molecular weight is 243 g/mol. The van der Waals surface area contributed by atoms with Crippen LogP contribution >= 0.6 is 11.6 Å². The first-order chi connectivity index (χ1) is 7.54. The zero-order valence-corrected chi connectivity index (χ0v) is 10.7. The van der Waals surface area contributed by atoms with Gasteiger partial charge in [-0.05, 0) is 17.7 Å². The number of rotatable bonds is 5. The van der Waals surface area contributed by atoms with Crippen LogP contribution in [0.3, 0.4) is 0 Å². The van der Waals surface area contributed by atoms with Gasteiger partial charge in [-0.1, -0.05) is 31.5 Å². The molecule has 1 aromatic carbocycles. The highest BCUT2D eigenvalue weighted by Crippen LogP contribution is 2.26. The van der Waals surface area contributed by atoms with E-state index in [1.807, 2.05) is 18.2 Å². The molecule has 0 aliphatic heterocycles. The number of ether oxygens (including phenoxy) is 1. The molecule has 3 nitrogen and oxygen atoms in total. The van der Waals surface area contributed by atoms with Gasteiger partial charge in [0, 0.05) is 18.6 Å². The van der Waals surface area contributed by atoms with Gasteiger partial charge in [0.25, 0.3) is 0 Å². The molecule has 1 atom stereocenters. The summed E-state index contributed by atoms with van der Waals surface area (Å²) in [5.41, 5.74) is 7.05. The molecule has 1 rings (SSSR count). The van der Waals surface area contributed by atoms with Gasteiger partial charge in [0.1, 0.15) is 5.75 Å². The standard InChI is InChI=1S/C12H19ClN2O/c1-8(2)15-7-11(14)9-4-5-12(16-3)10(13)6-9/h4-6,8,11,15H,7,14H2,1-3H3. The van der Waals surface area contributed by atoms with Gasteiger partial charge >= 0.3 is 0 Å². The fourth-order valence-corrected chi connectivity index (χ4v) is 1.66. The minimum atomic E-state index is -0.0502. The zero-order chi connectivity index (χ0) is 12.1. The maximum Gasteiger partial charge on any atom is 0.137 e. The largest absolute Gasteiger partial charge is 0.495 e. The summed E-state index contributed by atoms with van der Waals surface area (Å²) in [6.45, 7) is 4.92. The lowest BCUT2D eigenvalue weighted by atomic mass is 10.1. The van der Waals surface area contributed by atoms with Crippen LogP contribution in [0.1, 0.15) is 25.5 Å². The lowest BCUT2D eigenvalue weighted by Gasteiger charge is -2.16. The summed E-state index contributed by atoms with van der Waals surface area (Å²) in [5, 5.41) is 3.89. The van der Waals surface area contributed by atoms with Crippen LogP contribution in [0.5, 0.6) is 5.75 Å². The third-order valence-corrected chi connectivity index (χ3v) is 2.65. The summed E-state index contributed by atoms with van der Waals surface area (Å²) in [7, 11) is 1.60. The van der Waals surface area contributed by atoms with Gasteiger partial charge in [0.2, 0.25) is 0 Å². The fraction of sp³-hybridized carbons (Fsp3) is 0.500. The van der Waals surface area contributed by atoms with Crippen LogP contribution in [0.2, 0.25) is 5.02 Å². The van der Waals surface area contributed by atoms with Crippen molar-refractivity contribution in [1.82, 2.24) is 5.32 Å². The van der Waals surface area contributed by atoms with Crippen LogP contribution in [0, 0.1) is 0 Å². The third kappa shape index (κ3) is 3.67. The molecule has 4 heteroatoms. The van der Waals surface area contributed by atoms with E-state index in [-0.39, 0.29) is 6.04 Å². The third-order valence-electron chi connectivity index (χ3n) is 2.35. The summed E-state index contributed by atoms with van der Waals surface area (Å²) >= 11 is 6.04. The molecule has 0 aliphatic rings. The quantitative estimate of drug-likeness (QED) is 0.833. The van der Waals surface area contributed by atoms with Gasteiger partial charge in [0.15, 0.2) is 0 Å². The number of halogens is 1. The van der Waals surface area contributed by atoms with Crippen molar-refractivity contribution in [2.75, 3.05) is 13.7 Å². The van der Waals surface area contributed by atoms with E-state index < -0.39 is 0 Å². The molecule has 0 spiro atoms. The molecule has 0 saturated heterocycles. The molecule has 0 bridgehead atoms. The Morgan fingerprint density at radius 3 is 2.62 bits per heavy atom. The molecular weight excluding hydrogens is 224 g/mol. The number of nitrogens with one attached hydrogen (secondary N) is 1. The van der Waals surface area contributed by atoms with E-state index in [9.17, 15) is 0 Å².